The molecule has 0 spiro atoms. The molecule has 0 amide bonds. The van der Waals surface area contributed by atoms with E-state index in [0.717, 1.165) is 17.8 Å². The lowest BCUT2D eigenvalue weighted by Crippen LogP contribution is -2.23. The Morgan fingerprint density at radius 1 is 1.42 bits per heavy atom. The largest absolute Gasteiger partial charge is 0.382 e. The highest BCUT2D eigenvalue weighted by atomic mass is 16.1. The van der Waals surface area contributed by atoms with E-state index in [-0.39, 0.29) is 5.69 Å². The number of aromatic amines is 1. The van der Waals surface area contributed by atoms with Gasteiger partial charge >= 0.3 is 5.69 Å². The molecule has 1 fully saturated rings. The smallest absolute Gasteiger partial charge is 0.326 e. The summed E-state index contributed by atoms with van der Waals surface area (Å²) in [6, 6.07) is 1.94. The van der Waals surface area contributed by atoms with Crippen LogP contribution in [-0.2, 0) is 6.54 Å². The number of H-pyrrole nitrogens is 1. The number of hydrogen-bond donors (Lipinski definition) is 2. The molecule has 0 radical (unpaired) electrons. The Kier molecular flexibility index (Phi) is 3.05. The van der Waals surface area contributed by atoms with E-state index in [0.29, 0.717) is 17.3 Å². The van der Waals surface area contributed by atoms with Crippen molar-refractivity contribution in [2.45, 2.75) is 45.6 Å². The van der Waals surface area contributed by atoms with E-state index >= 15 is 0 Å². The molecule has 2 aromatic heterocycles. The van der Waals surface area contributed by atoms with Crippen molar-refractivity contribution in [3.05, 3.63) is 22.2 Å². The van der Waals surface area contributed by atoms with E-state index in [1.165, 1.54) is 32.1 Å². The second kappa shape index (κ2) is 4.72. The number of anilines is 1. The lowest BCUT2D eigenvalue weighted by molar-refractivity contribution is 0.319. The first-order valence-corrected chi connectivity index (χ1v) is 7.01. The van der Waals surface area contributed by atoms with Gasteiger partial charge in [0.15, 0.2) is 0 Å². The predicted octanol–water partition coefficient (Wildman–Crippen LogP) is 2.20. The highest BCUT2D eigenvalue weighted by Gasteiger charge is 2.17. The van der Waals surface area contributed by atoms with Gasteiger partial charge in [0.2, 0.25) is 0 Å². The van der Waals surface area contributed by atoms with Gasteiger partial charge in [0.05, 0.1) is 5.52 Å². The molecule has 1 aliphatic carbocycles. The first-order valence-electron chi connectivity index (χ1n) is 7.01. The monoisotopic (exact) mass is 260 g/mol. The van der Waals surface area contributed by atoms with Gasteiger partial charge in [-0.2, -0.15) is 0 Å². The average molecular weight is 260 g/mol. The summed E-state index contributed by atoms with van der Waals surface area (Å²) in [7, 11) is 0. The second-order valence-corrected chi connectivity index (χ2v) is 5.59. The Labute approximate surface area is 111 Å². The zero-order valence-corrected chi connectivity index (χ0v) is 11.3. The fourth-order valence-electron chi connectivity index (χ4n) is 3.11. The summed E-state index contributed by atoms with van der Waals surface area (Å²) in [6.45, 7) is 2.69. The third-order valence-corrected chi connectivity index (χ3v) is 4.09. The third-order valence-electron chi connectivity index (χ3n) is 4.09. The molecular weight excluding hydrogens is 240 g/mol. The van der Waals surface area contributed by atoms with Crippen LogP contribution in [0, 0.1) is 12.8 Å². The first-order chi connectivity index (χ1) is 9.15. The molecule has 2 heterocycles. The van der Waals surface area contributed by atoms with E-state index in [4.69, 9.17) is 5.73 Å². The van der Waals surface area contributed by atoms with Crippen LogP contribution in [-0.4, -0.2) is 14.5 Å². The maximum atomic E-state index is 12.1. The SMILES string of the molecule is Cc1cc2c([nH]c(=O)n2CC2CCCCC2)c(N)n1. The highest BCUT2D eigenvalue weighted by molar-refractivity contribution is 5.85. The number of pyridine rings is 1. The van der Waals surface area contributed by atoms with Crippen LogP contribution in [0.5, 0.6) is 0 Å². The molecule has 0 unspecified atom stereocenters. The van der Waals surface area contributed by atoms with E-state index in [2.05, 4.69) is 9.97 Å². The van der Waals surface area contributed by atoms with E-state index in [1.807, 2.05) is 17.6 Å². The number of hydrogen-bond acceptors (Lipinski definition) is 3. The molecule has 0 bridgehead atoms. The molecule has 5 nitrogen and oxygen atoms in total. The maximum Gasteiger partial charge on any atom is 0.326 e. The zero-order chi connectivity index (χ0) is 13.4. The summed E-state index contributed by atoms with van der Waals surface area (Å²) < 4.78 is 1.83. The zero-order valence-electron chi connectivity index (χ0n) is 11.3. The number of aromatic nitrogens is 3. The van der Waals surface area contributed by atoms with Crippen molar-refractivity contribution >= 4 is 16.9 Å². The van der Waals surface area contributed by atoms with Crippen molar-refractivity contribution in [2.24, 2.45) is 5.92 Å². The van der Waals surface area contributed by atoms with Crippen LogP contribution in [0.1, 0.15) is 37.8 Å². The summed E-state index contributed by atoms with van der Waals surface area (Å²) >= 11 is 0. The van der Waals surface area contributed by atoms with Crippen molar-refractivity contribution < 1.29 is 0 Å². The van der Waals surface area contributed by atoms with Gasteiger partial charge in [0.25, 0.3) is 0 Å². The predicted molar refractivity (Wildman–Crippen MR) is 76.1 cm³/mol. The minimum atomic E-state index is -0.0697. The lowest BCUT2D eigenvalue weighted by Gasteiger charge is -2.21. The number of imidazole rings is 1. The number of fused-ring (bicyclic) bond motifs is 1. The molecule has 1 saturated carbocycles. The second-order valence-electron chi connectivity index (χ2n) is 5.59. The molecule has 0 aromatic carbocycles. The van der Waals surface area contributed by atoms with Crippen molar-refractivity contribution in [1.29, 1.82) is 0 Å². The highest BCUT2D eigenvalue weighted by Crippen LogP contribution is 2.26. The van der Waals surface area contributed by atoms with Gasteiger partial charge in [-0.15, -0.1) is 0 Å². The number of aryl methyl sites for hydroxylation is 1. The number of rotatable bonds is 2. The van der Waals surface area contributed by atoms with Gasteiger partial charge in [-0.05, 0) is 31.7 Å². The van der Waals surface area contributed by atoms with Crippen LogP contribution in [0.3, 0.4) is 0 Å². The van der Waals surface area contributed by atoms with Gasteiger partial charge < -0.3 is 10.7 Å². The summed E-state index contributed by atoms with van der Waals surface area (Å²) in [5, 5.41) is 0. The van der Waals surface area contributed by atoms with Gasteiger partial charge in [-0.3, -0.25) is 4.57 Å². The topological polar surface area (TPSA) is 76.7 Å². The third kappa shape index (κ3) is 2.25. The molecular formula is C14H20N4O. The van der Waals surface area contributed by atoms with Crippen LogP contribution < -0.4 is 11.4 Å². The summed E-state index contributed by atoms with van der Waals surface area (Å²) in [4.78, 5) is 19.1. The average Bonchev–Trinajstić information content (AvgIpc) is 2.69. The van der Waals surface area contributed by atoms with Gasteiger partial charge in [0.1, 0.15) is 11.3 Å². The molecule has 102 valence electrons. The van der Waals surface area contributed by atoms with Crippen molar-refractivity contribution in [3.8, 4) is 0 Å². The Hall–Kier alpha value is -1.78. The quantitative estimate of drug-likeness (QED) is 0.869. The molecule has 1 aliphatic rings. The number of nitrogens with one attached hydrogen (secondary N) is 1. The van der Waals surface area contributed by atoms with Crippen LogP contribution in [0.25, 0.3) is 11.0 Å². The summed E-state index contributed by atoms with van der Waals surface area (Å²) in [5.74, 6) is 1.02. The Bertz CT molecular complexity index is 649. The number of nitrogens with two attached hydrogens (primary N) is 1. The van der Waals surface area contributed by atoms with E-state index in [9.17, 15) is 4.79 Å². The van der Waals surface area contributed by atoms with Gasteiger partial charge in [0, 0.05) is 12.2 Å². The van der Waals surface area contributed by atoms with Gasteiger partial charge in [-0.25, -0.2) is 9.78 Å². The lowest BCUT2D eigenvalue weighted by atomic mass is 9.89. The fraction of sp³-hybridized carbons (Fsp3) is 0.571. The van der Waals surface area contributed by atoms with Crippen LogP contribution in [0.4, 0.5) is 5.82 Å². The minimum absolute atomic E-state index is 0.0697. The summed E-state index contributed by atoms with van der Waals surface area (Å²) in [5.41, 5.74) is 8.22. The number of nitrogen functional groups attached to an aromatic ring is 1. The number of nitrogens with zero attached hydrogens (tertiary/aromatic N) is 2. The molecule has 2 aromatic rings. The summed E-state index contributed by atoms with van der Waals surface area (Å²) in [6.07, 6.45) is 6.33. The standard InChI is InChI=1S/C14H20N4O/c1-9-7-11-12(13(15)16-9)17-14(19)18(11)8-10-5-3-2-4-6-10/h7,10H,2-6,8H2,1H3,(H2,15,16)(H,17,19). The normalized spacial score (nSPS) is 17.1. The van der Waals surface area contributed by atoms with Crippen molar-refractivity contribution in [1.82, 2.24) is 14.5 Å². The van der Waals surface area contributed by atoms with Crippen molar-refractivity contribution in [2.75, 3.05) is 5.73 Å². The molecule has 0 atom stereocenters. The van der Waals surface area contributed by atoms with E-state index < -0.39 is 0 Å². The first kappa shape index (κ1) is 12.3. The Morgan fingerprint density at radius 3 is 2.89 bits per heavy atom. The molecule has 3 rings (SSSR count). The molecule has 0 aliphatic heterocycles. The van der Waals surface area contributed by atoms with Crippen LogP contribution >= 0.6 is 0 Å². The molecule has 3 N–H and O–H groups in total. The van der Waals surface area contributed by atoms with Crippen molar-refractivity contribution in [3.63, 3.8) is 0 Å². The Balaban J connectivity index is 2.02. The molecule has 5 heteroatoms. The minimum Gasteiger partial charge on any atom is -0.382 e. The van der Waals surface area contributed by atoms with Gasteiger partial charge in [-0.1, -0.05) is 19.3 Å². The molecule has 0 saturated heterocycles. The molecule has 19 heavy (non-hydrogen) atoms. The maximum absolute atomic E-state index is 12.1. The van der Waals surface area contributed by atoms with Crippen LogP contribution in [0.15, 0.2) is 10.9 Å². The van der Waals surface area contributed by atoms with E-state index in [1.54, 1.807) is 0 Å². The fourth-order valence-corrected chi connectivity index (χ4v) is 3.11. The van der Waals surface area contributed by atoms with Crippen LogP contribution in [0.2, 0.25) is 0 Å². The Morgan fingerprint density at radius 2 is 2.16 bits per heavy atom.